The lowest BCUT2D eigenvalue weighted by atomic mass is 10.6. The van der Waals surface area contributed by atoms with Gasteiger partial charge in [-0.05, 0) is 6.92 Å². The molecule has 0 atom stereocenters. The van der Waals surface area contributed by atoms with Crippen molar-refractivity contribution in [3.63, 3.8) is 0 Å². The summed E-state index contributed by atoms with van der Waals surface area (Å²) in [5, 5.41) is 0. The van der Waals surface area contributed by atoms with Crippen molar-refractivity contribution in [2.24, 2.45) is 4.99 Å². The zero-order chi connectivity index (χ0) is 12.9. The van der Waals surface area contributed by atoms with Gasteiger partial charge in [-0.15, -0.1) is 0 Å². The third-order valence-electron chi connectivity index (χ3n) is 0.560. The molecule has 0 unspecified atom stereocenters. The molecule has 90 valence electrons. The van der Waals surface area contributed by atoms with Gasteiger partial charge in [0.15, 0.2) is 0 Å². The van der Waals surface area contributed by atoms with Crippen LogP contribution >= 0.6 is 0 Å². The van der Waals surface area contributed by atoms with Crippen LogP contribution in [0.25, 0.3) is 0 Å². The SMILES string of the molecule is C=CC=C.C=CC=NCC.CC.CCC. The van der Waals surface area contributed by atoms with Crippen LogP contribution in [0.15, 0.2) is 43.0 Å². The summed E-state index contributed by atoms with van der Waals surface area (Å²) in [5.41, 5.74) is 0. The van der Waals surface area contributed by atoms with E-state index in [2.05, 4.69) is 38.6 Å². The lowest BCUT2D eigenvalue weighted by Gasteiger charge is -1.70. The normalized spacial score (nSPS) is 6.73. The maximum atomic E-state index is 3.85. The van der Waals surface area contributed by atoms with Gasteiger partial charge in [-0.3, -0.25) is 4.99 Å². The van der Waals surface area contributed by atoms with Crippen LogP contribution in [-0.2, 0) is 0 Å². The highest BCUT2D eigenvalue weighted by molar-refractivity contribution is 5.69. The summed E-state index contributed by atoms with van der Waals surface area (Å²) in [6, 6.07) is 0. The molecule has 0 saturated heterocycles. The predicted molar refractivity (Wildman–Crippen MR) is 76.9 cm³/mol. The van der Waals surface area contributed by atoms with Gasteiger partial charge in [-0.2, -0.15) is 0 Å². The van der Waals surface area contributed by atoms with Gasteiger partial charge in [0.05, 0.1) is 0 Å². The smallest absolute Gasteiger partial charge is 0.0360 e. The number of aliphatic imine (C=N–C) groups is 1. The van der Waals surface area contributed by atoms with Crippen LogP contribution in [0.5, 0.6) is 0 Å². The topological polar surface area (TPSA) is 12.4 Å². The molecule has 0 aromatic rings. The largest absolute Gasteiger partial charge is 0.293 e. The molecule has 0 radical (unpaired) electrons. The van der Waals surface area contributed by atoms with E-state index in [1.165, 1.54) is 6.42 Å². The van der Waals surface area contributed by atoms with E-state index in [-0.39, 0.29) is 0 Å². The van der Waals surface area contributed by atoms with E-state index >= 15 is 0 Å². The van der Waals surface area contributed by atoms with Crippen LogP contribution in [-0.4, -0.2) is 12.8 Å². The number of rotatable bonds is 3. The van der Waals surface area contributed by atoms with Crippen molar-refractivity contribution in [3.8, 4) is 0 Å². The molecule has 0 amide bonds. The molecular formula is C14H29N. The Labute approximate surface area is 97.3 Å². The van der Waals surface area contributed by atoms with E-state index in [9.17, 15) is 0 Å². The minimum absolute atomic E-state index is 0.853. The third kappa shape index (κ3) is 183. The molecule has 0 N–H and O–H groups in total. The predicted octanol–water partition coefficient (Wildman–Crippen LogP) is 5.06. The van der Waals surface area contributed by atoms with Gasteiger partial charge in [0.1, 0.15) is 0 Å². The monoisotopic (exact) mass is 211 g/mol. The van der Waals surface area contributed by atoms with E-state index in [0.29, 0.717) is 0 Å². The average molecular weight is 211 g/mol. The van der Waals surface area contributed by atoms with Crippen molar-refractivity contribution in [3.05, 3.63) is 38.0 Å². The van der Waals surface area contributed by atoms with E-state index in [1.807, 2.05) is 20.8 Å². The molecule has 0 fully saturated rings. The zero-order valence-electron chi connectivity index (χ0n) is 11.3. The quantitative estimate of drug-likeness (QED) is 0.457. The summed E-state index contributed by atoms with van der Waals surface area (Å²) >= 11 is 0. The molecule has 0 spiro atoms. The summed E-state index contributed by atoms with van der Waals surface area (Å²) in [6.07, 6.45) is 7.89. The second kappa shape index (κ2) is 52.5. The molecule has 0 rings (SSSR count). The molecule has 0 heterocycles. The Morgan fingerprint density at radius 1 is 0.867 bits per heavy atom. The van der Waals surface area contributed by atoms with Crippen molar-refractivity contribution in [2.45, 2.75) is 41.0 Å². The van der Waals surface area contributed by atoms with Gasteiger partial charge in [-0.25, -0.2) is 0 Å². The maximum Gasteiger partial charge on any atom is 0.0360 e. The van der Waals surface area contributed by atoms with Gasteiger partial charge >= 0.3 is 0 Å². The first-order chi connectivity index (χ1) is 7.24. The van der Waals surface area contributed by atoms with Gasteiger partial charge in [-0.1, -0.05) is 72.1 Å². The zero-order valence-corrected chi connectivity index (χ0v) is 11.3. The summed E-state index contributed by atoms with van der Waals surface area (Å²) in [5.74, 6) is 0. The fourth-order valence-electron chi connectivity index (χ4n) is 0.180. The molecule has 0 aliphatic heterocycles. The van der Waals surface area contributed by atoms with Crippen LogP contribution < -0.4 is 0 Å². The van der Waals surface area contributed by atoms with Crippen molar-refractivity contribution >= 4 is 6.21 Å². The Morgan fingerprint density at radius 2 is 1.20 bits per heavy atom. The molecule has 0 bridgehead atoms. The fraction of sp³-hybridized carbons (Fsp3) is 0.500. The Bertz CT molecular complexity index is 117. The average Bonchev–Trinajstić information content (AvgIpc) is 2.30. The van der Waals surface area contributed by atoms with E-state index in [0.717, 1.165) is 6.54 Å². The van der Waals surface area contributed by atoms with Crippen LogP contribution in [0.4, 0.5) is 0 Å². The van der Waals surface area contributed by atoms with Gasteiger partial charge in [0.25, 0.3) is 0 Å². The highest BCUT2D eigenvalue weighted by Crippen LogP contribution is 1.60. The van der Waals surface area contributed by atoms with Crippen molar-refractivity contribution in [1.29, 1.82) is 0 Å². The highest BCUT2D eigenvalue weighted by atomic mass is 14.7. The molecular weight excluding hydrogens is 182 g/mol. The van der Waals surface area contributed by atoms with Gasteiger partial charge < -0.3 is 0 Å². The van der Waals surface area contributed by atoms with Crippen LogP contribution in [0, 0.1) is 0 Å². The molecule has 0 aliphatic rings. The summed E-state index contributed by atoms with van der Waals surface area (Å²) in [6.45, 7) is 21.3. The molecule has 0 saturated carbocycles. The Kier molecular flexibility index (Phi) is 82.6. The standard InChI is InChI=1S/C5H9N.C4H6.C3H8.C2H6/c1-3-5-6-4-2;1-3-4-2;1-3-2;1-2/h3,5H,1,4H2,2H3;3-4H,1-2H2;3H2,1-2H3;1-2H3. The molecule has 0 aromatic heterocycles. The minimum Gasteiger partial charge on any atom is -0.293 e. The first-order valence-electron chi connectivity index (χ1n) is 5.59. The number of hydrogen-bond donors (Lipinski definition) is 0. The van der Waals surface area contributed by atoms with Crippen LogP contribution in [0.3, 0.4) is 0 Å². The van der Waals surface area contributed by atoms with Gasteiger partial charge in [0, 0.05) is 12.8 Å². The molecule has 15 heavy (non-hydrogen) atoms. The second-order valence-electron chi connectivity index (χ2n) is 2.06. The minimum atomic E-state index is 0.853. The second-order valence-corrected chi connectivity index (χ2v) is 2.06. The maximum absolute atomic E-state index is 3.85. The van der Waals surface area contributed by atoms with Crippen molar-refractivity contribution < 1.29 is 0 Å². The lowest BCUT2D eigenvalue weighted by molar-refractivity contribution is 1.09. The van der Waals surface area contributed by atoms with E-state index < -0.39 is 0 Å². The summed E-state index contributed by atoms with van der Waals surface area (Å²) in [4.78, 5) is 3.85. The lowest BCUT2D eigenvalue weighted by Crippen LogP contribution is -1.65. The third-order valence-corrected chi connectivity index (χ3v) is 0.560. The van der Waals surface area contributed by atoms with Crippen LogP contribution in [0.2, 0.25) is 0 Å². The molecule has 0 aromatic carbocycles. The highest BCUT2D eigenvalue weighted by Gasteiger charge is 1.54. The van der Waals surface area contributed by atoms with Crippen molar-refractivity contribution in [1.82, 2.24) is 0 Å². The first kappa shape index (κ1) is 23.6. The van der Waals surface area contributed by atoms with Crippen molar-refractivity contribution in [2.75, 3.05) is 6.54 Å². The van der Waals surface area contributed by atoms with Gasteiger partial charge in [0.2, 0.25) is 0 Å². The number of hydrogen-bond acceptors (Lipinski definition) is 1. The molecule has 0 aliphatic carbocycles. The van der Waals surface area contributed by atoms with E-state index in [1.54, 1.807) is 24.4 Å². The molecule has 1 heteroatoms. The van der Waals surface area contributed by atoms with Crippen LogP contribution in [0.1, 0.15) is 41.0 Å². The Balaban J connectivity index is -0.0000000590. The number of allylic oxidation sites excluding steroid dienone is 3. The Morgan fingerprint density at radius 3 is 1.27 bits per heavy atom. The summed E-state index contributed by atoms with van der Waals surface area (Å²) in [7, 11) is 0. The Hall–Kier alpha value is -1.11. The van der Waals surface area contributed by atoms with E-state index in [4.69, 9.17) is 0 Å². The first-order valence-corrected chi connectivity index (χ1v) is 5.59. The fourth-order valence-corrected chi connectivity index (χ4v) is 0.180. The molecule has 1 nitrogen and oxygen atoms in total. The number of nitrogens with zero attached hydrogens (tertiary/aromatic N) is 1. The summed E-state index contributed by atoms with van der Waals surface area (Å²) < 4.78 is 0.